The van der Waals surface area contributed by atoms with Gasteiger partial charge >= 0.3 is 0 Å². The van der Waals surface area contributed by atoms with Gasteiger partial charge in [0.1, 0.15) is 0 Å². The van der Waals surface area contributed by atoms with Crippen molar-refractivity contribution in [3.05, 3.63) is 76.3 Å². The largest absolute Gasteiger partial charge is 0.442 e. The molecule has 2 amide bonds. The highest BCUT2D eigenvalue weighted by Crippen LogP contribution is 2.28. The summed E-state index contributed by atoms with van der Waals surface area (Å²) < 4.78 is 5.36. The van der Waals surface area contributed by atoms with Crippen molar-refractivity contribution in [3.8, 4) is 10.6 Å². The highest BCUT2D eigenvalue weighted by Gasteiger charge is 2.19. The number of rotatable bonds is 5. The quantitative estimate of drug-likeness (QED) is 0.500. The van der Waals surface area contributed by atoms with E-state index in [1.165, 1.54) is 29.1 Å². The molecule has 0 unspecified atom stereocenters. The maximum absolute atomic E-state index is 12.5. The molecule has 4 rings (SSSR count). The second-order valence-corrected chi connectivity index (χ2v) is 7.37. The molecule has 0 saturated carbocycles. The third-order valence-corrected chi connectivity index (χ3v) is 5.41. The minimum Gasteiger partial charge on any atom is -0.442 e. The first kappa shape index (κ1) is 17.2. The molecule has 0 atom stereocenters. The lowest BCUT2D eigenvalue weighted by molar-refractivity contribution is 0.101. The van der Waals surface area contributed by atoms with Crippen LogP contribution in [-0.2, 0) is 0 Å². The summed E-state index contributed by atoms with van der Waals surface area (Å²) in [5.41, 5.74) is 1.47. The summed E-state index contributed by atoms with van der Waals surface area (Å²) in [5, 5.41) is 9.35. The van der Waals surface area contributed by atoms with E-state index in [0.717, 1.165) is 4.88 Å². The Balaban J connectivity index is 1.44. The fourth-order valence-corrected chi connectivity index (χ4v) is 3.75. The molecular weight excluding hydrogens is 382 g/mol. The van der Waals surface area contributed by atoms with E-state index < -0.39 is 0 Å². The molecule has 3 heterocycles. The number of anilines is 2. The van der Waals surface area contributed by atoms with Gasteiger partial charge in [0.25, 0.3) is 11.8 Å². The summed E-state index contributed by atoms with van der Waals surface area (Å²) in [7, 11) is 0. The molecule has 0 radical (unpaired) electrons. The molecule has 0 aliphatic heterocycles. The van der Waals surface area contributed by atoms with Crippen LogP contribution in [0.5, 0.6) is 0 Å². The second kappa shape index (κ2) is 7.56. The van der Waals surface area contributed by atoms with E-state index in [2.05, 4.69) is 15.6 Å². The average molecular weight is 395 g/mol. The van der Waals surface area contributed by atoms with Crippen molar-refractivity contribution in [3.63, 3.8) is 0 Å². The fraction of sp³-hybridized carbons (Fsp3) is 0. The van der Waals surface area contributed by atoms with E-state index in [0.29, 0.717) is 22.0 Å². The van der Waals surface area contributed by atoms with Crippen molar-refractivity contribution in [2.45, 2.75) is 0 Å². The topological polar surface area (TPSA) is 84.2 Å². The fourth-order valence-electron chi connectivity index (χ4n) is 2.42. The van der Waals surface area contributed by atoms with Gasteiger partial charge in [0.15, 0.2) is 17.8 Å². The van der Waals surface area contributed by atoms with Crippen LogP contribution in [0.25, 0.3) is 10.6 Å². The number of carbonyl (C=O) groups excluding carboxylic acids is 2. The van der Waals surface area contributed by atoms with Gasteiger partial charge in [-0.25, -0.2) is 4.98 Å². The van der Waals surface area contributed by atoms with Crippen molar-refractivity contribution in [2.75, 3.05) is 10.6 Å². The predicted molar refractivity (Wildman–Crippen MR) is 106 cm³/mol. The molecule has 134 valence electrons. The van der Waals surface area contributed by atoms with Crippen LogP contribution < -0.4 is 10.6 Å². The van der Waals surface area contributed by atoms with E-state index in [4.69, 9.17) is 4.42 Å². The van der Waals surface area contributed by atoms with Gasteiger partial charge in [-0.1, -0.05) is 12.1 Å². The summed E-state index contributed by atoms with van der Waals surface area (Å²) in [6.45, 7) is 0. The van der Waals surface area contributed by atoms with Gasteiger partial charge in [0.2, 0.25) is 0 Å². The number of oxazole rings is 1. The smallest absolute Gasteiger partial charge is 0.278 e. The lowest BCUT2D eigenvalue weighted by atomic mass is 10.2. The van der Waals surface area contributed by atoms with E-state index in [9.17, 15) is 9.59 Å². The second-order valence-electron chi connectivity index (χ2n) is 5.47. The van der Waals surface area contributed by atoms with E-state index in [1.54, 1.807) is 30.3 Å². The maximum Gasteiger partial charge on any atom is 0.278 e. The van der Waals surface area contributed by atoms with Crippen LogP contribution in [0, 0.1) is 0 Å². The van der Waals surface area contributed by atoms with Gasteiger partial charge in [-0.05, 0) is 47.2 Å². The van der Waals surface area contributed by atoms with Crippen LogP contribution in [-0.4, -0.2) is 16.8 Å². The molecule has 3 aromatic heterocycles. The molecule has 6 nitrogen and oxygen atoms in total. The highest BCUT2D eigenvalue weighted by atomic mass is 32.1. The lowest BCUT2D eigenvalue weighted by Crippen LogP contribution is -2.13. The Hall–Kier alpha value is -3.23. The number of amides is 2. The molecule has 4 aromatic rings. The summed E-state index contributed by atoms with van der Waals surface area (Å²) in [5.74, 6) is -0.0742. The highest BCUT2D eigenvalue weighted by molar-refractivity contribution is 7.13. The minimum absolute atomic E-state index is 0.162. The third kappa shape index (κ3) is 3.81. The van der Waals surface area contributed by atoms with E-state index in [1.807, 2.05) is 29.0 Å². The lowest BCUT2D eigenvalue weighted by Gasteiger charge is -2.07. The molecule has 0 bridgehead atoms. The zero-order valence-electron chi connectivity index (χ0n) is 13.8. The summed E-state index contributed by atoms with van der Waals surface area (Å²) in [6, 6.07) is 14.2. The van der Waals surface area contributed by atoms with E-state index >= 15 is 0 Å². The Kier molecular flexibility index (Phi) is 4.82. The number of hydrogen-bond acceptors (Lipinski definition) is 6. The van der Waals surface area contributed by atoms with Crippen LogP contribution in [0.3, 0.4) is 0 Å². The van der Waals surface area contributed by atoms with Crippen molar-refractivity contribution in [1.82, 2.24) is 4.98 Å². The molecule has 0 aliphatic carbocycles. The molecular formula is C19H13N3O3S2. The number of hydrogen-bond donors (Lipinski definition) is 2. The van der Waals surface area contributed by atoms with Crippen LogP contribution in [0.1, 0.15) is 20.2 Å². The van der Waals surface area contributed by atoms with Crippen molar-refractivity contribution in [1.29, 1.82) is 0 Å². The first-order valence-electron chi connectivity index (χ1n) is 7.94. The Morgan fingerprint density at radius 2 is 1.52 bits per heavy atom. The van der Waals surface area contributed by atoms with Crippen LogP contribution in [0.15, 0.2) is 70.1 Å². The molecule has 8 heteroatoms. The summed E-state index contributed by atoms with van der Waals surface area (Å²) >= 11 is 2.85. The molecule has 0 saturated heterocycles. The third-order valence-electron chi connectivity index (χ3n) is 3.67. The zero-order valence-corrected chi connectivity index (χ0v) is 15.5. The summed E-state index contributed by atoms with van der Waals surface area (Å²) in [6.07, 6.45) is 1.26. The SMILES string of the molecule is O=C(Nc1ccc(NC(=O)c2ncoc2-c2cccs2)cc1)c1cccs1. The zero-order chi connectivity index (χ0) is 18.6. The Bertz CT molecular complexity index is 1050. The van der Waals surface area contributed by atoms with Crippen LogP contribution in [0.2, 0.25) is 0 Å². The Morgan fingerprint density at radius 3 is 2.15 bits per heavy atom. The van der Waals surface area contributed by atoms with Crippen molar-refractivity contribution in [2.24, 2.45) is 0 Å². The van der Waals surface area contributed by atoms with Gasteiger partial charge in [0.05, 0.1) is 9.75 Å². The van der Waals surface area contributed by atoms with E-state index in [-0.39, 0.29) is 17.5 Å². The maximum atomic E-state index is 12.5. The van der Waals surface area contributed by atoms with Crippen molar-refractivity contribution < 1.29 is 14.0 Å². The van der Waals surface area contributed by atoms with Crippen LogP contribution in [0.4, 0.5) is 11.4 Å². The molecule has 0 aliphatic rings. The number of carbonyl (C=O) groups is 2. The van der Waals surface area contributed by atoms with Gasteiger partial charge in [-0.15, -0.1) is 22.7 Å². The Morgan fingerprint density at radius 1 is 0.852 bits per heavy atom. The molecule has 27 heavy (non-hydrogen) atoms. The number of nitrogens with zero attached hydrogens (tertiary/aromatic N) is 1. The van der Waals surface area contributed by atoms with Crippen molar-refractivity contribution >= 4 is 45.9 Å². The molecule has 0 fully saturated rings. The molecule has 0 spiro atoms. The molecule has 2 N–H and O–H groups in total. The number of nitrogens with one attached hydrogen (secondary N) is 2. The van der Waals surface area contributed by atoms with Crippen LogP contribution >= 0.6 is 22.7 Å². The standard InChI is InChI=1S/C19H13N3O3S2/c23-18(15-4-2-10-27-15)21-12-5-7-13(8-6-12)22-19(24)16-17(25-11-20-16)14-3-1-9-26-14/h1-11H,(H,21,23)(H,22,24). The predicted octanol–water partition coefficient (Wildman–Crippen LogP) is 4.97. The monoisotopic (exact) mass is 395 g/mol. The van der Waals surface area contributed by atoms with Gasteiger partial charge in [-0.3, -0.25) is 9.59 Å². The van der Waals surface area contributed by atoms with Gasteiger partial charge in [-0.2, -0.15) is 0 Å². The van der Waals surface area contributed by atoms with Gasteiger partial charge < -0.3 is 15.1 Å². The average Bonchev–Trinajstić information content (AvgIpc) is 3.43. The number of thiophene rings is 2. The number of aromatic nitrogens is 1. The number of benzene rings is 1. The first-order chi connectivity index (χ1) is 13.2. The minimum atomic E-state index is -0.359. The molecule has 1 aromatic carbocycles. The summed E-state index contributed by atoms with van der Waals surface area (Å²) in [4.78, 5) is 30.1. The normalized spacial score (nSPS) is 10.5. The Labute approximate surface area is 162 Å². The van der Waals surface area contributed by atoms with Gasteiger partial charge in [0, 0.05) is 11.4 Å². The first-order valence-corrected chi connectivity index (χ1v) is 9.70.